The van der Waals surface area contributed by atoms with Crippen LogP contribution < -0.4 is 11.1 Å². The smallest absolute Gasteiger partial charge is 0.125 e. The molecule has 0 unspecified atom stereocenters. The second-order valence-corrected chi connectivity index (χ2v) is 6.47. The Hall–Kier alpha value is -1.29. The van der Waals surface area contributed by atoms with Gasteiger partial charge in [-0.15, -0.1) is 0 Å². The Labute approximate surface area is 114 Å². The molecule has 1 fully saturated rings. The van der Waals surface area contributed by atoms with Crippen LogP contribution in [0.25, 0.3) is 0 Å². The zero-order valence-corrected chi connectivity index (χ0v) is 11.7. The van der Waals surface area contributed by atoms with Gasteiger partial charge in [0.1, 0.15) is 5.82 Å². The first-order chi connectivity index (χ1) is 8.80. The molecule has 1 aliphatic rings. The van der Waals surface area contributed by atoms with Crippen molar-refractivity contribution in [1.29, 1.82) is 0 Å². The van der Waals surface area contributed by atoms with Gasteiger partial charge < -0.3 is 16.2 Å². The van der Waals surface area contributed by atoms with Crippen molar-refractivity contribution in [2.75, 3.05) is 17.6 Å². The lowest BCUT2D eigenvalue weighted by atomic mass is 9.71. The molecule has 1 aromatic rings. The van der Waals surface area contributed by atoms with Gasteiger partial charge in [-0.2, -0.15) is 0 Å². The summed E-state index contributed by atoms with van der Waals surface area (Å²) in [5, 5.41) is 13.6. The molecule has 4 N–H and O–H groups in total. The maximum Gasteiger partial charge on any atom is 0.125 e. The second-order valence-electron chi connectivity index (χ2n) is 6.47. The Balaban J connectivity index is 1.97. The molecule has 1 aliphatic carbocycles. The molecule has 0 aliphatic heterocycles. The van der Waals surface area contributed by atoms with Crippen LogP contribution in [0.2, 0.25) is 0 Å². The highest BCUT2D eigenvalue weighted by Gasteiger charge is 2.36. The maximum absolute atomic E-state index is 13.2. The number of aliphatic hydroxyl groups is 1. The number of halogens is 1. The van der Waals surface area contributed by atoms with Crippen LogP contribution in [-0.2, 0) is 0 Å². The van der Waals surface area contributed by atoms with Crippen molar-refractivity contribution >= 4 is 11.4 Å². The molecule has 0 amide bonds. The van der Waals surface area contributed by atoms with Crippen LogP contribution in [-0.4, -0.2) is 17.3 Å². The number of nitrogens with two attached hydrogens (primary N) is 1. The third-order valence-electron chi connectivity index (χ3n) is 4.16. The number of nitrogens with one attached hydrogen (secondary N) is 1. The largest absolute Gasteiger partial charge is 0.397 e. The van der Waals surface area contributed by atoms with Crippen molar-refractivity contribution in [2.24, 2.45) is 5.41 Å². The van der Waals surface area contributed by atoms with Gasteiger partial charge in [0.05, 0.1) is 17.0 Å². The molecule has 1 saturated carbocycles. The molecule has 2 rings (SSSR count). The van der Waals surface area contributed by atoms with Crippen molar-refractivity contribution in [3.05, 3.63) is 24.0 Å². The average Bonchev–Trinajstić information content (AvgIpc) is 2.35. The summed E-state index contributed by atoms with van der Waals surface area (Å²) in [7, 11) is 0. The Kier molecular flexibility index (Phi) is 3.72. The van der Waals surface area contributed by atoms with Gasteiger partial charge in [0.15, 0.2) is 0 Å². The molecule has 106 valence electrons. The normalized spacial score (nSPS) is 21.1. The van der Waals surface area contributed by atoms with Crippen LogP contribution in [0.4, 0.5) is 15.8 Å². The topological polar surface area (TPSA) is 58.3 Å². The first-order valence-electron chi connectivity index (χ1n) is 6.81. The summed E-state index contributed by atoms with van der Waals surface area (Å²) in [5.74, 6) is -0.325. The zero-order valence-electron chi connectivity index (χ0n) is 11.7. The fourth-order valence-corrected chi connectivity index (χ4v) is 2.51. The van der Waals surface area contributed by atoms with Gasteiger partial charge >= 0.3 is 0 Å². The second kappa shape index (κ2) is 5.00. The summed E-state index contributed by atoms with van der Waals surface area (Å²) in [4.78, 5) is 0. The minimum absolute atomic E-state index is 0.310. The molecule has 4 heteroatoms. The average molecular weight is 266 g/mol. The number of anilines is 2. The molecule has 0 saturated heterocycles. The summed E-state index contributed by atoms with van der Waals surface area (Å²) >= 11 is 0. The Morgan fingerprint density at radius 3 is 2.53 bits per heavy atom. The molecule has 0 aromatic heterocycles. The summed E-state index contributed by atoms with van der Waals surface area (Å²) in [5.41, 5.74) is 6.43. The highest BCUT2D eigenvalue weighted by Crippen LogP contribution is 2.40. The lowest BCUT2D eigenvalue weighted by molar-refractivity contribution is -0.0145. The lowest BCUT2D eigenvalue weighted by Gasteiger charge is -2.40. The maximum atomic E-state index is 13.2. The van der Waals surface area contributed by atoms with Crippen LogP contribution >= 0.6 is 0 Å². The number of nitrogen functional groups attached to an aromatic ring is 1. The monoisotopic (exact) mass is 266 g/mol. The SMILES string of the molecule is CC1(C)CCC(O)(CNc2cc(F)ccc2N)CC1. The fourth-order valence-electron chi connectivity index (χ4n) is 2.51. The van der Waals surface area contributed by atoms with Gasteiger partial charge in [0, 0.05) is 6.54 Å². The van der Waals surface area contributed by atoms with Gasteiger partial charge in [0.25, 0.3) is 0 Å². The minimum atomic E-state index is -0.714. The molecule has 0 spiro atoms. The van der Waals surface area contributed by atoms with E-state index in [1.165, 1.54) is 18.2 Å². The number of rotatable bonds is 3. The Morgan fingerprint density at radius 1 is 1.26 bits per heavy atom. The van der Waals surface area contributed by atoms with E-state index in [0.717, 1.165) is 25.7 Å². The van der Waals surface area contributed by atoms with Crippen LogP contribution in [0.3, 0.4) is 0 Å². The third kappa shape index (κ3) is 3.60. The van der Waals surface area contributed by atoms with Crippen LogP contribution in [0.15, 0.2) is 18.2 Å². The van der Waals surface area contributed by atoms with Crippen molar-refractivity contribution in [1.82, 2.24) is 0 Å². The highest BCUT2D eigenvalue weighted by atomic mass is 19.1. The third-order valence-corrected chi connectivity index (χ3v) is 4.16. The molecule has 0 heterocycles. The van der Waals surface area contributed by atoms with E-state index < -0.39 is 5.60 Å². The van der Waals surface area contributed by atoms with Crippen LogP contribution in [0.5, 0.6) is 0 Å². The van der Waals surface area contributed by atoms with Gasteiger partial charge in [-0.25, -0.2) is 4.39 Å². The molecule has 19 heavy (non-hydrogen) atoms. The van der Waals surface area contributed by atoms with Crippen molar-refractivity contribution < 1.29 is 9.50 Å². The Morgan fingerprint density at radius 2 is 1.89 bits per heavy atom. The highest BCUT2D eigenvalue weighted by molar-refractivity contribution is 5.65. The van der Waals surface area contributed by atoms with E-state index in [9.17, 15) is 9.50 Å². The summed E-state index contributed by atoms with van der Waals surface area (Å²) in [6, 6.07) is 4.23. The van der Waals surface area contributed by atoms with Crippen molar-refractivity contribution in [3.63, 3.8) is 0 Å². The van der Waals surface area contributed by atoms with E-state index >= 15 is 0 Å². The number of benzene rings is 1. The predicted octanol–water partition coefficient (Wildman–Crippen LogP) is 3.15. The molecule has 0 atom stereocenters. The number of hydrogen-bond acceptors (Lipinski definition) is 3. The van der Waals surface area contributed by atoms with Gasteiger partial charge in [-0.3, -0.25) is 0 Å². The molecular formula is C15H23FN2O. The van der Waals surface area contributed by atoms with Gasteiger partial charge in [-0.05, 0) is 49.3 Å². The molecule has 0 bridgehead atoms. The molecule has 1 aromatic carbocycles. The van der Waals surface area contributed by atoms with Gasteiger partial charge in [-0.1, -0.05) is 13.8 Å². The standard InChI is InChI=1S/C15H23FN2O/c1-14(2)5-7-15(19,8-6-14)10-18-13-9-11(16)3-4-12(13)17/h3-4,9,18-19H,5-8,10,17H2,1-2H3. The minimum Gasteiger partial charge on any atom is -0.397 e. The van der Waals surface area contributed by atoms with E-state index in [-0.39, 0.29) is 5.82 Å². The predicted molar refractivity (Wildman–Crippen MR) is 76.5 cm³/mol. The molecule has 0 radical (unpaired) electrons. The van der Waals surface area contributed by atoms with E-state index in [1.54, 1.807) is 0 Å². The first-order valence-corrected chi connectivity index (χ1v) is 6.81. The summed E-state index contributed by atoms with van der Waals surface area (Å²) in [6.07, 6.45) is 3.54. The van der Waals surface area contributed by atoms with E-state index in [4.69, 9.17) is 5.73 Å². The van der Waals surface area contributed by atoms with E-state index in [2.05, 4.69) is 19.2 Å². The van der Waals surface area contributed by atoms with Crippen molar-refractivity contribution in [3.8, 4) is 0 Å². The quantitative estimate of drug-likeness (QED) is 0.737. The van der Waals surface area contributed by atoms with E-state index in [1.807, 2.05) is 0 Å². The molecule has 3 nitrogen and oxygen atoms in total. The lowest BCUT2D eigenvalue weighted by Crippen LogP contribution is -2.42. The number of hydrogen-bond donors (Lipinski definition) is 3. The van der Waals surface area contributed by atoms with E-state index in [0.29, 0.717) is 23.3 Å². The Bertz CT molecular complexity index is 449. The summed E-state index contributed by atoms with van der Waals surface area (Å²) in [6.45, 7) is 4.87. The van der Waals surface area contributed by atoms with Crippen LogP contribution in [0, 0.1) is 11.2 Å². The summed E-state index contributed by atoms with van der Waals surface area (Å²) < 4.78 is 13.2. The fraction of sp³-hybridized carbons (Fsp3) is 0.600. The first kappa shape index (κ1) is 14.1. The zero-order chi connectivity index (χ0) is 14.1. The molecular weight excluding hydrogens is 243 g/mol. The van der Waals surface area contributed by atoms with Crippen molar-refractivity contribution in [2.45, 2.75) is 45.1 Å². The van der Waals surface area contributed by atoms with Gasteiger partial charge in [0.2, 0.25) is 0 Å². The van der Waals surface area contributed by atoms with Crippen LogP contribution in [0.1, 0.15) is 39.5 Å².